The number of aryl methyl sites for hydroxylation is 1. The minimum atomic E-state index is -3.79. The average Bonchev–Trinajstić information content (AvgIpc) is 3.06. The van der Waals surface area contributed by atoms with Gasteiger partial charge in [0.05, 0.1) is 17.7 Å². The van der Waals surface area contributed by atoms with Gasteiger partial charge in [-0.15, -0.1) is 0 Å². The Hall–Kier alpha value is -2.54. The zero-order valence-electron chi connectivity index (χ0n) is 16.7. The third-order valence-electron chi connectivity index (χ3n) is 4.92. The molecule has 150 valence electrons. The monoisotopic (exact) mass is 402 g/mol. The number of carbonyl (C=O) groups is 1. The molecule has 0 unspecified atom stereocenters. The molecule has 0 aliphatic carbocycles. The minimum Gasteiger partial charge on any atom is -0.496 e. The van der Waals surface area contributed by atoms with Gasteiger partial charge in [-0.1, -0.05) is 19.9 Å². The van der Waals surface area contributed by atoms with Crippen LogP contribution in [0.2, 0.25) is 0 Å². The van der Waals surface area contributed by atoms with Gasteiger partial charge in [-0.05, 0) is 60.7 Å². The lowest BCUT2D eigenvalue weighted by atomic mass is 10.0. The van der Waals surface area contributed by atoms with Crippen LogP contribution in [0.5, 0.6) is 5.75 Å². The molecule has 2 aromatic carbocycles. The van der Waals surface area contributed by atoms with Crippen LogP contribution in [0, 0.1) is 6.92 Å². The molecule has 0 spiro atoms. The van der Waals surface area contributed by atoms with E-state index >= 15 is 0 Å². The van der Waals surface area contributed by atoms with Crippen molar-refractivity contribution >= 4 is 27.3 Å². The van der Waals surface area contributed by atoms with E-state index in [0.29, 0.717) is 35.7 Å². The maximum absolute atomic E-state index is 13.1. The summed E-state index contributed by atoms with van der Waals surface area (Å²) in [7, 11) is -2.21. The van der Waals surface area contributed by atoms with Crippen LogP contribution in [0.3, 0.4) is 0 Å². The Labute approximate surface area is 166 Å². The summed E-state index contributed by atoms with van der Waals surface area (Å²) < 4.78 is 34.2. The molecular weight excluding hydrogens is 376 g/mol. The first kappa shape index (κ1) is 20.2. The Morgan fingerprint density at radius 3 is 2.54 bits per heavy atom. The van der Waals surface area contributed by atoms with E-state index in [1.807, 2.05) is 19.9 Å². The van der Waals surface area contributed by atoms with Crippen LogP contribution in [0.15, 0.2) is 41.3 Å². The summed E-state index contributed by atoms with van der Waals surface area (Å²) in [4.78, 5) is 13.9. The van der Waals surface area contributed by atoms with Gasteiger partial charge in [0.15, 0.2) is 0 Å². The smallest absolute Gasteiger partial charge is 0.262 e. The first-order chi connectivity index (χ1) is 13.2. The number of rotatable bonds is 6. The van der Waals surface area contributed by atoms with Crippen LogP contribution in [0.1, 0.15) is 43.7 Å². The Balaban J connectivity index is 1.94. The number of hydrogen-bond donors (Lipinski definition) is 1. The van der Waals surface area contributed by atoms with Crippen molar-refractivity contribution in [3.05, 3.63) is 47.5 Å². The highest BCUT2D eigenvalue weighted by Crippen LogP contribution is 2.33. The minimum absolute atomic E-state index is 0.0626. The van der Waals surface area contributed by atoms with Crippen LogP contribution in [-0.2, 0) is 14.8 Å². The van der Waals surface area contributed by atoms with Crippen molar-refractivity contribution in [3.63, 3.8) is 0 Å². The second kappa shape index (κ2) is 7.83. The molecule has 0 atom stereocenters. The normalized spacial score (nSPS) is 14.6. The summed E-state index contributed by atoms with van der Waals surface area (Å²) in [5, 5.41) is 0. The van der Waals surface area contributed by atoms with E-state index in [1.54, 1.807) is 49.3 Å². The van der Waals surface area contributed by atoms with Gasteiger partial charge in [0, 0.05) is 18.7 Å². The van der Waals surface area contributed by atoms with Crippen LogP contribution in [-0.4, -0.2) is 28.0 Å². The Morgan fingerprint density at radius 1 is 1.18 bits per heavy atom. The molecule has 1 amide bonds. The fourth-order valence-corrected chi connectivity index (χ4v) is 4.78. The second-order valence-corrected chi connectivity index (χ2v) is 8.97. The zero-order valence-corrected chi connectivity index (χ0v) is 17.5. The van der Waals surface area contributed by atoms with Gasteiger partial charge in [0.25, 0.3) is 10.0 Å². The van der Waals surface area contributed by atoms with Crippen LogP contribution in [0.25, 0.3) is 0 Å². The number of benzene rings is 2. The van der Waals surface area contributed by atoms with Gasteiger partial charge in [-0.2, -0.15) is 0 Å². The lowest BCUT2D eigenvalue weighted by Gasteiger charge is -2.19. The molecule has 0 bridgehead atoms. The van der Waals surface area contributed by atoms with Crippen molar-refractivity contribution in [3.8, 4) is 5.75 Å². The quantitative estimate of drug-likeness (QED) is 0.791. The second-order valence-electron chi connectivity index (χ2n) is 7.32. The molecule has 2 aromatic rings. The number of nitrogens with zero attached hydrogens (tertiary/aromatic N) is 1. The van der Waals surface area contributed by atoms with Crippen molar-refractivity contribution in [2.24, 2.45) is 0 Å². The number of hydrogen-bond acceptors (Lipinski definition) is 4. The fourth-order valence-electron chi connectivity index (χ4n) is 3.46. The van der Waals surface area contributed by atoms with E-state index in [4.69, 9.17) is 4.74 Å². The van der Waals surface area contributed by atoms with Crippen molar-refractivity contribution in [2.45, 2.75) is 44.4 Å². The number of methoxy groups -OCH3 is 1. The molecule has 3 rings (SSSR count). The standard InChI is InChI=1S/C21H26N2O4S/c1-14(2)18-13-20(15(3)11-19(18)27-4)28(25,26)22-16-7-5-8-17(12-16)23-10-6-9-21(23)24/h5,7-8,11-14,22H,6,9-10H2,1-4H3. The molecule has 7 heteroatoms. The number of nitrogens with one attached hydrogen (secondary N) is 1. The summed E-state index contributed by atoms with van der Waals surface area (Å²) in [6, 6.07) is 10.4. The molecule has 1 N–H and O–H groups in total. The lowest BCUT2D eigenvalue weighted by Crippen LogP contribution is -2.23. The van der Waals surface area contributed by atoms with Gasteiger partial charge in [0.1, 0.15) is 5.75 Å². The van der Waals surface area contributed by atoms with Gasteiger partial charge in [-0.25, -0.2) is 8.42 Å². The molecule has 28 heavy (non-hydrogen) atoms. The van der Waals surface area contributed by atoms with Crippen molar-refractivity contribution in [2.75, 3.05) is 23.3 Å². The molecule has 0 aromatic heterocycles. The maximum Gasteiger partial charge on any atom is 0.262 e. The summed E-state index contributed by atoms with van der Waals surface area (Å²) in [5.74, 6) is 0.864. The Bertz CT molecular complexity index is 999. The topological polar surface area (TPSA) is 75.7 Å². The molecule has 0 radical (unpaired) electrons. The van der Waals surface area contributed by atoms with Crippen molar-refractivity contribution in [1.82, 2.24) is 0 Å². The van der Waals surface area contributed by atoms with Crippen molar-refractivity contribution in [1.29, 1.82) is 0 Å². The number of anilines is 2. The average molecular weight is 403 g/mol. The molecule has 0 saturated carbocycles. The van der Waals surface area contributed by atoms with Crippen LogP contribution < -0.4 is 14.4 Å². The molecular formula is C21H26N2O4S. The van der Waals surface area contributed by atoms with E-state index in [-0.39, 0.29) is 16.7 Å². The lowest BCUT2D eigenvalue weighted by molar-refractivity contribution is -0.117. The van der Waals surface area contributed by atoms with Crippen LogP contribution >= 0.6 is 0 Å². The third-order valence-corrected chi connectivity index (χ3v) is 6.45. The van der Waals surface area contributed by atoms with Crippen molar-refractivity contribution < 1.29 is 17.9 Å². The number of amides is 1. The van der Waals surface area contributed by atoms with E-state index in [0.717, 1.165) is 12.0 Å². The fraction of sp³-hybridized carbons (Fsp3) is 0.381. The van der Waals surface area contributed by atoms with E-state index in [9.17, 15) is 13.2 Å². The molecule has 1 heterocycles. The Kier molecular flexibility index (Phi) is 5.65. The van der Waals surface area contributed by atoms with Gasteiger partial charge >= 0.3 is 0 Å². The van der Waals surface area contributed by atoms with Crippen LogP contribution in [0.4, 0.5) is 11.4 Å². The molecule has 1 fully saturated rings. The highest BCUT2D eigenvalue weighted by atomic mass is 32.2. The highest BCUT2D eigenvalue weighted by molar-refractivity contribution is 7.92. The first-order valence-electron chi connectivity index (χ1n) is 9.34. The van der Waals surface area contributed by atoms with E-state index in [1.165, 1.54) is 0 Å². The number of ether oxygens (including phenoxy) is 1. The zero-order chi connectivity index (χ0) is 20.5. The first-order valence-corrected chi connectivity index (χ1v) is 10.8. The highest BCUT2D eigenvalue weighted by Gasteiger charge is 2.24. The van der Waals surface area contributed by atoms with E-state index < -0.39 is 10.0 Å². The molecule has 6 nitrogen and oxygen atoms in total. The third kappa shape index (κ3) is 3.99. The largest absolute Gasteiger partial charge is 0.496 e. The summed E-state index contributed by atoms with van der Waals surface area (Å²) in [6.07, 6.45) is 1.34. The molecule has 1 aliphatic rings. The predicted octanol–water partition coefficient (Wildman–Crippen LogP) is 4.05. The molecule has 1 saturated heterocycles. The van der Waals surface area contributed by atoms with Gasteiger partial charge in [0.2, 0.25) is 5.91 Å². The number of sulfonamides is 1. The predicted molar refractivity (Wildman–Crippen MR) is 111 cm³/mol. The summed E-state index contributed by atoms with van der Waals surface area (Å²) in [5.41, 5.74) is 2.58. The summed E-state index contributed by atoms with van der Waals surface area (Å²) >= 11 is 0. The summed E-state index contributed by atoms with van der Waals surface area (Å²) in [6.45, 7) is 6.39. The number of carbonyl (C=O) groups excluding carboxylic acids is 1. The maximum atomic E-state index is 13.1. The molecule has 1 aliphatic heterocycles. The van der Waals surface area contributed by atoms with Gasteiger partial charge < -0.3 is 9.64 Å². The SMILES string of the molecule is COc1cc(C)c(S(=O)(=O)Nc2cccc(N3CCCC3=O)c2)cc1C(C)C. The Morgan fingerprint density at radius 2 is 1.93 bits per heavy atom. The van der Waals surface area contributed by atoms with E-state index in [2.05, 4.69) is 4.72 Å². The van der Waals surface area contributed by atoms with Gasteiger partial charge in [-0.3, -0.25) is 9.52 Å².